The molecule has 1 fully saturated rings. The Morgan fingerprint density at radius 3 is 2.47 bits per heavy atom. The number of alkyl halides is 3. The van der Waals surface area contributed by atoms with E-state index in [1.165, 1.54) is 6.07 Å². The molecule has 1 atom stereocenters. The molecule has 1 saturated heterocycles. The lowest BCUT2D eigenvalue weighted by molar-refractivity contribution is -0.137. The molecule has 32 heavy (non-hydrogen) atoms. The van der Waals surface area contributed by atoms with Crippen LogP contribution in [0, 0.1) is 0 Å². The predicted octanol–water partition coefficient (Wildman–Crippen LogP) is 4.41. The fourth-order valence-corrected chi connectivity index (χ4v) is 3.96. The molecular formula is C24H23F3N2O3. The Morgan fingerprint density at radius 1 is 1.00 bits per heavy atom. The van der Waals surface area contributed by atoms with Crippen LogP contribution < -0.4 is 9.64 Å². The Morgan fingerprint density at radius 2 is 1.78 bits per heavy atom. The first-order valence-corrected chi connectivity index (χ1v) is 10.3. The van der Waals surface area contributed by atoms with Crippen molar-refractivity contribution in [3.63, 3.8) is 0 Å². The molecule has 0 radical (unpaired) electrons. The van der Waals surface area contributed by atoms with Crippen molar-refractivity contribution in [1.82, 2.24) is 4.98 Å². The van der Waals surface area contributed by atoms with Crippen molar-refractivity contribution in [2.45, 2.75) is 31.9 Å². The molecule has 168 valence electrons. The summed E-state index contributed by atoms with van der Waals surface area (Å²) in [6, 6.07) is 15.6. The third-order valence-electron chi connectivity index (χ3n) is 5.59. The molecule has 0 aliphatic carbocycles. The zero-order valence-electron chi connectivity index (χ0n) is 17.2. The monoisotopic (exact) mass is 444 g/mol. The molecule has 0 amide bonds. The van der Waals surface area contributed by atoms with E-state index in [0.717, 1.165) is 40.2 Å². The number of pyridine rings is 1. The van der Waals surface area contributed by atoms with Gasteiger partial charge in [0, 0.05) is 36.5 Å². The van der Waals surface area contributed by atoms with Gasteiger partial charge in [0.2, 0.25) is 5.88 Å². The fourth-order valence-electron chi connectivity index (χ4n) is 3.96. The minimum atomic E-state index is -4.43. The lowest BCUT2D eigenvalue weighted by atomic mass is 9.97. The lowest BCUT2D eigenvalue weighted by Gasteiger charge is -2.22. The van der Waals surface area contributed by atoms with E-state index in [-0.39, 0.29) is 25.2 Å². The number of aromatic nitrogens is 1. The molecule has 1 aliphatic heterocycles. The maximum absolute atomic E-state index is 12.7. The van der Waals surface area contributed by atoms with Gasteiger partial charge >= 0.3 is 6.18 Å². The Kier molecular flexibility index (Phi) is 6.34. The number of aliphatic hydroxyl groups is 2. The number of anilines is 1. The molecule has 2 aromatic carbocycles. The summed E-state index contributed by atoms with van der Waals surface area (Å²) in [7, 11) is 0. The summed E-state index contributed by atoms with van der Waals surface area (Å²) in [5.74, 6) is 0.156. The number of halogens is 3. The van der Waals surface area contributed by atoms with Gasteiger partial charge in [-0.2, -0.15) is 13.2 Å². The molecular weight excluding hydrogens is 421 g/mol. The highest BCUT2D eigenvalue weighted by Gasteiger charge is 2.31. The van der Waals surface area contributed by atoms with Gasteiger partial charge in [0.25, 0.3) is 0 Å². The van der Waals surface area contributed by atoms with E-state index in [1.54, 1.807) is 0 Å². The zero-order chi connectivity index (χ0) is 22.7. The molecule has 0 bridgehead atoms. The maximum atomic E-state index is 12.7. The third kappa shape index (κ3) is 4.71. The van der Waals surface area contributed by atoms with Crippen LogP contribution in [0.4, 0.5) is 18.9 Å². The number of nitrogens with zero attached hydrogens (tertiary/aromatic N) is 2. The minimum absolute atomic E-state index is 0.0739. The van der Waals surface area contributed by atoms with Gasteiger partial charge in [-0.1, -0.05) is 30.3 Å². The van der Waals surface area contributed by atoms with E-state index in [1.807, 2.05) is 42.5 Å². The number of rotatable bonds is 6. The summed E-state index contributed by atoms with van der Waals surface area (Å²) in [5, 5.41) is 19.6. The molecule has 2 heterocycles. The summed E-state index contributed by atoms with van der Waals surface area (Å²) in [5.41, 5.74) is 3.44. The summed E-state index contributed by atoms with van der Waals surface area (Å²) in [6.45, 7) is 0.996. The van der Waals surface area contributed by atoms with Gasteiger partial charge in [0.1, 0.15) is 6.10 Å². The quantitative estimate of drug-likeness (QED) is 0.590. The van der Waals surface area contributed by atoms with Gasteiger partial charge < -0.3 is 19.8 Å². The highest BCUT2D eigenvalue weighted by atomic mass is 19.4. The van der Waals surface area contributed by atoms with Crippen LogP contribution in [0.1, 0.15) is 23.1 Å². The second-order valence-corrected chi connectivity index (χ2v) is 7.67. The van der Waals surface area contributed by atoms with Crippen LogP contribution in [-0.4, -0.2) is 34.4 Å². The highest BCUT2D eigenvalue weighted by molar-refractivity contribution is 5.71. The number of hydrogen-bond donors (Lipinski definition) is 2. The second kappa shape index (κ2) is 9.18. The van der Waals surface area contributed by atoms with Gasteiger partial charge in [0.15, 0.2) is 0 Å². The van der Waals surface area contributed by atoms with E-state index in [2.05, 4.69) is 9.88 Å². The summed E-state index contributed by atoms with van der Waals surface area (Å²) >= 11 is 0. The first kappa shape index (κ1) is 22.1. The molecule has 8 heteroatoms. The van der Waals surface area contributed by atoms with E-state index in [0.29, 0.717) is 19.5 Å². The number of benzene rings is 2. The predicted molar refractivity (Wildman–Crippen MR) is 114 cm³/mol. The minimum Gasteiger partial charge on any atom is -0.472 e. The smallest absolute Gasteiger partial charge is 0.417 e. The Balaban J connectivity index is 1.48. The number of aliphatic hydroxyl groups excluding tert-OH is 2. The van der Waals surface area contributed by atoms with Crippen LogP contribution in [-0.2, 0) is 19.4 Å². The van der Waals surface area contributed by atoms with Crippen molar-refractivity contribution in [3.8, 4) is 17.0 Å². The molecule has 1 aliphatic rings. The van der Waals surface area contributed by atoms with Crippen molar-refractivity contribution >= 4 is 5.69 Å². The Bertz CT molecular complexity index is 1070. The van der Waals surface area contributed by atoms with E-state index in [9.17, 15) is 23.4 Å². The molecule has 5 nitrogen and oxygen atoms in total. The van der Waals surface area contributed by atoms with Gasteiger partial charge in [-0.3, -0.25) is 0 Å². The molecule has 4 rings (SSSR count). The molecule has 1 unspecified atom stereocenters. The summed E-state index contributed by atoms with van der Waals surface area (Å²) < 4.78 is 43.9. The number of ether oxygens (including phenoxy) is 1. The standard InChI is InChI=1S/C24H23F3N2O3/c25-24(26,27)19-6-8-23(28-12-19)32-20-9-10-29(13-20)22-7-5-16(11-18(22)15-31)21-4-2-1-3-17(21)14-30/h1-8,11-12,20,30-31H,9-10,13-15H2. The molecule has 0 saturated carbocycles. The zero-order valence-corrected chi connectivity index (χ0v) is 17.2. The van der Waals surface area contributed by atoms with Gasteiger partial charge in [-0.05, 0) is 34.9 Å². The van der Waals surface area contributed by atoms with Crippen LogP contribution in [0.5, 0.6) is 5.88 Å². The van der Waals surface area contributed by atoms with E-state index >= 15 is 0 Å². The van der Waals surface area contributed by atoms with Crippen LogP contribution in [0.15, 0.2) is 60.8 Å². The van der Waals surface area contributed by atoms with Crippen molar-refractivity contribution < 1.29 is 28.1 Å². The van der Waals surface area contributed by atoms with Crippen molar-refractivity contribution in [2.75, 3.05) is 18.0 Å². The van der Waals surface area contributed by atoms with Gasteiger partial charge in [-0.25, -0.2) is 4.98 Å². The largest absolute Gasteiger partial charge is 0.472 e. The first-order valence-electron chi connectivity index (χ1n) is 10.3. The van der Waals surface area contributed by atoms with Gasteiger partial charge in [-0.15, -0.1) is 0 Å². The summed E-state index contributed by atoms with van der Waals surface area (Å²) in [4.78, 5) is 5.87. The van der Waals surface area contributed by atoms with Crippen LogP contribution in [0.3, 0.4) is 0 Å². The first-order chi connectivity index (χ1) is 15.4. The topological polar surface area (TPSA) is 65.8 Å². The second-order valence-electron chi connectivity index (χ2n) is 7.67. The van der Waals surface area contributed by atoms with E-state index < -0.39 is 11.7 Å². The average Bonchev–Trinajstić information content (AvgIpc) is 3.26. The molecule has 0 spiro atoms. The number of hydrogen-bond acceptors (Lipinski definition) is 5. The molecule has 1 aromatic heterocycles. The molecule has 3 aromatic rings. The third-order valence-corrected chi connectivity index (χ3v) is 5.59. The Hall–Kier alpha value is -3.10. The SMILES string of the molecule is OCc1ccccc1-c1ccc(N2CCC(Oc3ccc(C(F)(F)F)cn3)C2)c(CO)c1. The summed E-state index contributed by atoms with van der Waals surface area (Å²) in [6.07, 6.45) is -3.20. The highest BCUT2D eigenvalue weighted by Crippen LogP contribution is 2.33. The van der Waals surface area contributed by atoms with Crippen molar-refractivity contribution in [1.29, 1.82) is 0 Å². The Labute approximate surface area is 183 Å². The normalized spacial score (nSPS) is 16.4. The lowest BCUT2D eigenvalue weighted by Crippen LogP contribution is -2.25. The van der Waals surface area contributed by atoms with Crippen LogP contribution in [0.25, 0.3) is 11.1 Å². The van der Waals surface area contributed by atoms with Crippen molar-refractivity contribution in [3.05, 3.63) is 77.5 Å². The van der Waals surface area contributed by atoms with Crippen LogP contribution >= 0.6 is 0 Å². The maximum Gasteiger partial charge on any atom is 0.417 e. The molecule has 2 N–H and O–H groups in total. The van der Waals surface area contributed by atoms with Crippen molar-refractivity contribution in [2.24, 2.45) is 0 Å². The fraction of sp³-hybridized carbons (Fsp3) is 0.292. The van der Waals surface area contributed by atoms with Crippen LogP contribution in [0.2, 0.25) is 0 Å². The average molecular weight is 444 g/mol. The van der Waals surface area contributed by atoms with E-state index in [4.69, 9.17) is 4.74 Å². The van der Waals surface area contributed by atoms with Gasteiger partial charge in [0.05, 0.1) is 25.3 Å².